The predicted octanol–water partition coefficient (Wildman–Crippen LogP) is 6.68. The molecule has 4 nitrogen and oxygen atoms in total. The van der Waals surface area contributed by atoms with Gasteiger partial charge in [0.1, 0.15) is 0 Å². The molecule has 1 aliphatic carbocycles. The molecule has 0 aromatic heterocycles. The van der Waals surface area contributed by atoms with Gasteiger partial charge in [0.15, 0.2) is 0 Å². The van der Waals surface area contributed by atoms with E-state index >= 15 is 0 Å². The Morgan fingerprint density at radius 1 is 0.844 bits per heavy atom. The van der Waals surface area contributed by atoms with Gasteiger partial charge >= 0.3 is 0 Å². The highest BCUT2D eigenvalue weighted by Gasteiger charge is 2.50. The first-order chi connectivity index (χ1) is 15.6. The van der Waals surface area contributed by atoms with Crippen molar-refractivity contribution in [3.63, 3.8) is 0 Å². The molecule has 3 aromatic rings. The molecule has 0 unspecified atom stereocenters. The molecule has 0 bridgehead atoms. The van der Waals surface area contributed by atoms with Crippen LogP contribution in [0.4, 0.5) is 17.1 Å². The number of benzene rings is 3. The molecule has 1 aliphatic rings. The maximum absolute atomic E-state index is 13.4. The van der Waals surface area contributed by atoms with Gasteiger partial charge in [-0.3, -0.25) is 14.5 Å². The number of amides is 2. The molecule has 1 N–H and O–H groups in total. The summed E-state index contributed by atoms with van der Waals surface area (Å²) >= 11 is 0. The van der Waals surface area contributed by atoms with Gasteiger partial charge in [0.05, 0.1) is 0 Å². The van der Waals surface area contributed by atoms with Gasteiger partial charge in [0, 0.05) is 28.5 Å². The molecule has 32 heavy (non-hydrogen) atoms. The summed E-state index contributed by atoms with van der Waals surface area (Å²) in [6.07, 6.45) is 3.46. The van der Waals surface area contributed by atoms with Crippen LogP contribution in [0, 0.1) is 17.8 Å². The highest BCUT2D eigenvalue weighted by molar-refractivity contribution is 6.11. The first-order valence-corrected chi connectivity index (χ1v) is 11.5. The van der Waals surface area contributed by atoms with E-state index in [1.807, 2.05) is 72.8 Å². The monoisotopic (exact) mass is 426 g/mol. The number of carbonyl (C=O) groups excluding carboxylic acids is 2. The van der Waals surface area contributed by atoms with Crippen molar-refractivity contribution in [3.05, 3.63) is 90.5 Å². The lowest BCUT2D eigenvalue weighted by atomic mass is 10.1. The van der Waals surface area contributed by atoms with Crippen molar-refractivity contribution >= 4 is 28.9 Å². The number of hydrogen-bond acceptors (Lipinski definition) is 2. The highest BCUT2D eigenvalue weighted by Crippen LogP contribution is 2.49. The van der Waals surface area contributed by atoms with Gasteiger partial charge in [0.2, 0.25) is 5.91 Å². The number of unbranched alkanes of at least 4 members (excludes halogenated alkanes) is 1. The van der Waals surface area contributed by atoms with Crippen molar-refractivity contribution in [2.45, 2.75) is 33.1 Å². The molecule has 4 heteroatoms. The van der Waals surface area contributed by atoms with E-state index in [2.05, 4.69) is 19.2 Å². The Bertz CT molecular complexity index is 1010. The van der Waals surface area contributed by atoms with Gasteiger partial charge < -0.3 is 5.32 Å². The first-order valence-electron chi connectivity index (χ1n) is 11.5. The van der Waals surface area contributed by atoms with Crippen molar-refractivity contribution in [1.82, 2.24) is 0 Å². The quantitative estimate of drug-likeness (QED) is 0.437. The fourth-order valence-corrected chi connectivity index (χ4v) is 4.45. The third-order valence-corrected chi connectivity index (χ3v) is 6.39. The Kier molecular flexibility index (Phi) is 6.69. The highest BCUT2D eigenvalue weighted by atomic mass is 16.2. The van der Waals surface area contributed by atoms with Gasteiger partial charge in [-0.1, -0.05) is 63.1 Å². The summed E-state index contributed by atoms with van der Waals surface area (Å²) in [4.78, 5) is 27.8. The van der Waals surface area contributed by atoms with Crippen LogP contribution < -0.4 is 10.2 Å². The molecule has 3 aromatic carbocycles. The summed E-state index contributed by atoms with van der Waals surface area (Å²) in [6.45, 7) is 4.34. The Morgan fingerprint density at radius 2 is 1.41 bits per heavy atom. The standard InChI is InChI=1S/C28H30N2O2/c1-3-4-15-25-20(2)26(25)27(31)29-22-18-16-21(17-19-22)28(32)30(23-11-7-5-8-12-23)24-13-9-6-10-14-24/h5-14,16-20,25-26H,3-4,15H2,1-2H3,(H,29,31)/t20-,25-,26-/m1/s1. The van der Waals surface area contributed by atoms with E-state index in [0.717, 1.165) is 29.9 Å². The lowest BCUT2D eigenvalue weighted by molar-refractivity contribution is -0.117. The van der Waals surface area contributed by atoms with E-state index in [1.54, 1.807) is 17.0 Å². The smallest absolute Gasteiger partial charge is 0.262 e. The van der Waals surface area contributed by atoms with Gasteiger partial charge in [-0.05, 0) is 66.8 Å². The molecular formula is C28H30N2O2. The van der Waals surface area contributed by atoms with Gasteiger partial charge in [-0.2, -0.15) is 0 Å². The van der Waals surface area contributed by atoms with Crippen LogP contribution in [0.15, 0.2) is 84.9 Å². The summed E-state index contributed by atoms with van der Waals surface area (Å²) in [5, 5.41) is 3.04. The van der Waals surface area contributed by atoms with Gasteiger partial charge in [0.25, 0.3) is 5.91 Å². The summed E-state index contributed by atoms with van der Waals surface area (Å²) in [6, 6.07) is 26.4. The summed E-state index contributed by atoms with van der Waals surface area (Å²) in [5.74, 6) is 1.03. The van der Waals surface area contributed by atoms with Gasteiger partial charge in [-0.25, -0.2) is 0 Å². The van der Waals surface area contributed by atoms with E-state index < -0.39 is 0 Å². The first kappa shape index (κ1) is 21.8. The Morgan fingerprint density at radius 3 is 1.94 bits per heavy atom. The lowest BCUT2D eigenvalue weighted by Gasteiger charge is -2.23. The topological polar surface area (TPSA) is 49.4 Å². The number of rotatable bonds is 8. The average Bonchev–Trinajstić information content (AvgIpc) is 3.49. The van der Waals surface area contributed by atoms with E-state index in [0.29, 0.717) is 17.4 Å². The zero-order valence-corrected chi connectivity index (χ0v) is 18.7. The van der Waals surface area contributed by atoms with Crippen LogP contribution in [0.2, 0.25) is 0 Å². The SMILES string of the molecule is CCCC[C@@H]1[C@@H](C)[C@H]1C(=O)Nc1ccc(C(=O)N(c2ccccc2)c2ccccc2)cc1. The molecule has 0 aliphatic heterocycles. The molecule has 0 spiro atoms. The van der Waals surface area contributed by atoms with Crippen molar-refractivity contribution < 1.29 is 9.59 Å². The second-order valence-corrected chi connectivity index (χ2v) is 8.57. The number of carbonyl (C=O) groups is 2. The number of para-hydroxylation sites is 2. The third kappa shape index (κ3) is 4.75. The fourth-order valence-electron chi connectivity index (χ4n) is 4.45. The number of nitrogens with one attached hydrogen (secondary N) is 1. The van der Waals surface area contributed by atoms with E-state index in [9.17, 15) is 9.59 Å². The van der Waals surface area contributed by atoms with Crippen molar-refractivity contribution in [1.29, 1.82) is 0 Å². The van der Waals surface area contributed by atoms with Crippen LogP contribution in [-0.2, 0) is 4.79 Å². The molecule has 0 heterocycles. The fraction of sp³-hybridized carbons (Fsp3) is 0.286. The van der Waals surface area contributed by atoms with Gasteiger partial charge in [-0.15, -0.1) is 0 Å². The summed E-state index contributed by atoms with van der Waals surface area (Å²) in [7, 11) is 0. The minimum Gasteiger partial charge on any atom is -0.326 e. The van der Waals surface area contributed by atoms with Crippen molar-refractivity contribution in [2.75, 3.05) is 10.2 Å². The van der Waals surface area contributed by atoms with E-state index in [1.165, 1.54) is 6.42 Å². The van der Waals surface area contributed by atoms with Crippen LogP contribution in [0.3, 0.4) is 0 Å². The van der Waals surface area contributed by atoms with E-state index in [4.69, 9.17) is 0 Å². The Labute approximate surface area is 190 Å². The normalized spacial score (nSPS) is 19.2. The Balaban J connectivity index is 1.48. The zero-order valence-electron chi connectivity index (χ0n) is 18.7. The summed E-state index contributed by atoms with van der Waals surface area (Å²) < 4.78 is 0. The van der Waals surface area contributed by atoms with Crippen LogP contribution in [0.1, 0.15) is 43.5 Å². The van der Waals surface area contributed by atoms with E-state index in [-0.39, 0.29) is 17.7 Å². The van der Waals surface area contributed by atoms with Crippen molar-refractivity contribution in [3.8, 4) is 0 Å². The molecule has 0 radical (unpaired) electrons. The van der Waals surface area contributed by atoms with Crippen LogP contribution in [-0.4, -0.2) is 11.8 Å². The van der Waals surface area contributed by atoms with Crippen LogP contribution in [0.25, 0.3) is 0 Å². The third-order valence-electron chi connectivity index (χ3n) is 6.39. The second kappa shape index (κ2) is 9.82. The second-order valence-electron chi connectivity index (χ2n) is 8.57. The Hall–Kier alpha value is -3.40. The molecular weight excluding hydrogens is 396 g/mol. The maximum atomic E-state index is 13.4. The minimum atomic E-state index is -0.115. The van der Waals surface area contributed by atoms with Crippen LogP contribution >= 0.6 is 0 Å². The molecule has 0 saturated heterocycles. The van der Waals surface area contributed by atoms with Crippen LogP contribution in [0.5, 0.6) is 0 Å². The molecule has 1 saturated carbocycles. The molecule has 2 amide bonds. The maximum Gasteiger partial charge on any atom is 0.262 e. The zero-order chi connectivity index (χ0) is 22.5. The predicted molar refractivity (Wildman–Crippen MR) is 130 cm³/mol. The number of nitrogens with zero attached hydrogens (tertiary/aromatic N) is 1. The molecule has 164 valence electrons. The van der Waals surface area contributed by atoms with Crippen molar-refractivity contribution in [2.24, 2.45) is 17.8 Å². The molecule has 1 fully saturated rings. The number of hydrogen-bond donors (Lipinski definition) is 1. The largest absolute Gasteiger partial charge is 0.326 e. The minimum absolute atomic E-state index is 0.0906. The summed E-state index contributed by atoms with van der Waals surface area (Å²) in [5.41, 5.74) is 2.91. The number of anilines is 3. The molecule has 3 atom stereocenters. The molecule has 4 rings (SSSR count). The lowest BCUT2D eigenvalue weighted by Crippen LogP contribution is -2.25. The average molecular weight is 427 g/mol.